The summed E-state index contributed by atoms with van der Waals surface area (Å²) in [6.07, 6.45) is 5.01. The van der Waals surface area contributed by atoms with Gasteiger partial charge in [0.25, 0.3) is 5.69 Å². The maximum atomic E-state index is 11.1. The average molecular weight is 433 g/mol. The number of pyridine rings is 1. The molecule has 0 unspecified atom stereocenters. The fourth-order valence-corrected chi connectivity index (χ4v) is 3.38. The maximum absolute atomic E-state index is 11.1. The second kappa shape index (κ2) is 7.58. The molecule has 0 amide bonds. The molecule has 9 heteroatoms. The molecule has 0 saturated carbocycles. The predicted octanol–water partition coefficient (Wildman–Crippen LogP) is 6.17. The molecule has 4 heterocycles. The number of hydrogen-bond donors (Lipinski definition) is 0. The lowest BCUT2D eigenvalue weighted by atomic mass is 10.1. The lowest BCUT2D eigenvalue weighted by molar-refractivity contribution is -0.384. The second-order valence-electron chi connectivity index (χ2n) is 6.57. The van der Waals surface area contributed by atoms with Crippen molar-refractivity contribution >= 4 is 35.0 Å². The minimum atomic E-state index is -0.530. The molecule has 0 fully saturated rings. The normalized spacial score (nSPS) is 11.5. The third kappa shape index (κ3) is 3.49. The molecule has 0 aliphatic heterocycles. The van der Waals surface area contributed by atoms with Crippen LogP contribution in [-0.2, 0) is 0 Å². The van der Waals surface area contributed by atoms with Gasteiger partial charge in [-0.1, -0.05) is 17.7 Å². The standard InChI is InChI=1S/C22H13ClN4O4/c23-16-8-6-14(12-17(16)27(28)29)18-9-7-15(31-18)13-24-22-21(19-4-3-11-30-19)25-20-5-1-2-10-26(20)22/h1-13H. The number of halogens is 1. The van der Waals surface area contributed by atoms with Gasteiger partial charge in [-0.05, 0) is 48.5 Å². The zero-order chi connectivity index (χ0) is 21.4. The van der Waals surface area contributed by atoms with Gasteiger partial charge in [0.05, 0.1) is 17.4 Å². The van der Waals surface area contributed by atoms with E-state index in [-0.39, 0.29) is 10.7 Å². The highest BCUT2D eigenvalue weighted by Crippen LogP contribution is 2.33. The fourth-order valence-electron chi connectivity index (χ4n) is 3.19. The summed E-state index contributed by atoms with van der Waals surface area (Å²) in [5.74, 6) is 2.13. The molecule has 1 aromatic carbocycles. The highest BCUT2D eigenvalue weighted by molar-refractivity contribution is 6.32. The van der Waals surface area contributed by atoms with E-state index in [2.05, 4.69) is 9.98 Å². The third-order valence-corrected chi connectivity index (χ3v) is 4.95. The van der Waals surface area contributed by atoms with E-state index < -0.39 is 4.92 Å². The number of hydrogen-bond acceptors (Lipinski definition) is 6. The lowest BCUT2D eigenvalue weighted by Crippen LogP contribution is -1.89. The van der Waals surface area contributed by atoms with Gasteiger partial charge < -0.3 is 8.83 Å². The first-order chi connectivity index (χ1) is 15.1. The summed E-state index contributed by atoms with van der Waals surface area (Å²) < 4.78 is 13.2. The molecule has 0 spiro atoms. The highest BCUT2D eigenvalue weighted by Gasteiger charge is 2.17. The molecule has 152 valence electrons. The first kappa shape index (κ1) is 18.8. The first-order valence-electron chi connectivity index (χ1n) is 9.19. The number of nitrogens with zero attached hydrogens (tertiary/aromatic N) is 4. The molecule has 0 aliphatic carbocycles. The second-order valence-corrected chi connectivity index (χ2v) is 6.98. The van der Waals surface area contributed by atoms with Crippen molar-refractivity contribution in [3.8, 4) is 22.8 Å². The molecule has 0 saturated heterocycles. The van der Waals surface area contributed by atoms with Crippen molar-refractivity contribution in [1.29, 1.82) is 0 Å². The largest absolute Gasteiger partial charge is 0.463 e. The number of aliphatic imine (C=N–C) groups is 1. The lowest BCUT2D eigenvalue weighted by Gasteiger charge is -1.99. The van der Waals surface area contributed by atoms with Crippen molar-refractivity contribution in [2.45, 2.75) is 0 Å². The van der Waals surface area contributed by atoms with Crippen LogP contribution in [0.3, 0.4) is 0 Å². The van der Waals surface area contributed by atoms with Crippen LogP contribution in [-0.4, -0.2) is 20.5 Å². The Labute approximate surface area is 180 Å². The first-order valence-corrected chi connectivity index (χ1v) is 9.57. The van der Waals surface area contributed by atoms with Gasteiger partial charge in [-0.25, -0.2) is 9.98 Å². The molecule has 0 radical (unpaired) electrons. The predicted molar refractivity (Wildman–Crippen MR) is 116 cm³/mol. The van der Waals surface area contributed by atoms with E-state index in [1.54, 1.807) is 36.7 Å². The highest BCUT2D eigenvalue weighted by atomic mass is 35.5. The summed E-state index contributed by atoms with van der Waals surface area (Å²) in [6.45, 7) is 0. The van der Waals surface area contributed by atoms with E-state index in [9.17, 15) is 10.1 Å². The van der Waals surface area contributed by atoms with E-state index in [4.69, 9.17) is 20.4 Å². The van der Waals surface area contributed by atoms with Crippen LogP contribution in [0.15, 0.2) is 87.0 Å². The fraction of sp³-hybridized carbons (Fsp3) is 0. The molecule has 5 rings (SSSR count). The Morgan fingerprint density at radius 3 is 2.81 bits per heavy atom. The summed E-state index contributed by atoms with van der Waals surface area (Å²) in [7, 11) is 0. The molecule has 5 aromatic rings. The Bertz CT molecular complexity index is 1430. The third-order valence-electron chi connectivity index (χ3n) is 4.63. The van der Waals surface area contributed by atoms with Gasteiger partial charge in [0, 0.05) is 17.8 Å². The Morgan fingerprint density at radius 1 is 1.10 bits per heavy atom. The van der Waals surface area contributed by atoms with Crippen molar-refractivity contribution in [1.82, 2.24) is 9.38 Å². The van der Waals surface area contributed by atoms with Crippen LogP contribution in [0.2, 0.25) is 5.02 Å². The number of nitro benzene ring substituents is 1. The van der Waals surface area contributed by atoms with E-state index in [0.29, 0.717) is 34.4 Å². The number of rotatable bonds is 5. The molecular formula is C22H13ClN4O4. The summed E-state index contributed by atoms with van der Waals surface area (Å²) in [4.78, 5) is 19.8. The molecule has 8 nitrogen and oxygen atoms in total. The molecule has 0 bridgehead atoms. The molecular weight excluding hydrogens is 420 g/mol. The monoisotopic (exact) mass is 432 g/mol. The van der Waals surface area contributed by atoms with Gasteiger partial charge in [0.15, 0.2) is 17.3 Å². The molecule has 0 aliphatic rings. The topological polar surface area (TPSA) is 99.1 Å². The van der Waals surface area contributed by atoms with E-state index in [0.717, 1.165) is 5.65 Å². The van der Waals surface area contributed by atoms with Gasteiger partial charge in [-0.2, -0.15) is 0 Å². The molecule has 4 aromatic heterocycles. The SMILES string of the molecule is O=[N+]([O-])c1cc(-c2ccc(C=Nc3c(-c4ccco4)nc4ccccn34)o2)ccc1Cl. The number of imidazole rings is 1. The van der Waals surface area contributed by atoms with E-state index in [1.165, 1.54) is 12.1 Å². The number of furan rings is 2. The van der Waals surface area contributed by atoms with E-state index in [1.807, 2.05) is 34.9 Å². The van der Waals surface area contributed by atoms with Crippen molar-refractivity contribution in [2.75, 3.05) is 0 Å². The van der Waals surface area contributed by atoms with Crippen LogP contribution >= 0.6 is 11.6 Å². The van der Waals surface area contributed by atoms with Crippen molar-refractivity contribution in [2.24, 2.45) is 4.99 Å². The smallest absolute Gasteiger partial charge is 0.288 e. The van der Waals surface area contributed by atoms with Crippen molar-refractivity contribution in [3.05, 3.63) is 94.0 Å². The number of fused-ring (bicyclic) bond motifs is 1. The number of nitro groups is 1. The minimum Gasteiger partial charge on any atom is -0.463 e. The van der Waals surface area contributed by atoms with Gasteiger partial charge >= 0.3 is 0 Å². The van der Waals surface area contributed by atoms with Crippen LogP contribution in [0.4, 0.5) is 11.5 Å². The van der Waals surface area contributed by atoms with E-state index >= 15 is 0 Å². The zero-order valence-electron chi connectivity index (χ0n) is 15.8. The van der Waals surface area contributed by atoms with Gasteiger partial charge in [0.1, 0.15) is 22.2 Å². The summed E-state index contributed by atoms with van der Waals surface area (Å²) >= 11 is 5.89. The summed E-state index contributed by atoms with van der Waals surface area (Å²) in [5, 5.41) is 11.2. The van der Waals surface area contributed by atoms with Crippen LogP contribution in [0.1, 0.15) is 5.76 Å². The van der Waals surface area contributed by atoms with Crippen LogP contribution in [0.25, 0.3) is 28.4 Å². The minimum absolute atomic E-state index is 0.0696. The summed E-state index contributed by atoms with van der Waals surface area (Å²) in [6, 6.07) is 17.2. The van der Waals surface area contributed by atoms with Crippen LogP contribution < -0.4 is 0 Å². The van der Waals surface area contributed by atoms with Gasteiger partial charge in [-0.3, -0.25) is 14.5 Å². The van der Waals surface area contributed by atoms with Crippen molar-refractivity contribution in [3.63, 3.8) is 0 Å². The Hall–Kier alpha value is -4.17. The maximum Gasteiger partial charge on any atom is 0.288 e. The van der Waals surface area contributed by atoms with Crippen LogP contribution in [0.5, 0.6) is 0 Å². The Morgan fingerprint density at radius 2 is 2.00 bits per heavy atom. The Kier molecular flexibility index (Phi) is 4.61. The van der Waals surface area contributed by atoms with Crippen molar-refractivity contribution < 1.29 is 13.8 Å². The van der Waals surface area contributed by atoms with Gasteiger partial charge in [0.2, 0.25) is 0 Å². The number of benzene rings is 1. The van der Waals surface area contributed by atoms with Gasteiger partial charge in [-0.15, -0.1) is 0 Å². The zero-order valence-corrected chi connectivity index (χ0v) is 16.6. The van der Waals surface area contributed by atoms with Crippen LogP contribution in [0, 0.1) is 10.1 Å². The number of aromatic nitrogens is 2. The average Bonchev–Trinajstić information content (AvgIpc) is 3.51. The summed E-state index contributed by atoms with van der Waals surface area (Å²) in [5.41, 5.74) is 1.70. The Balaban J connectivity index is 1.51. The molecule has 0 N–H and O–H groups in total. The molecule has 31 heavy (non-hydrogen) atoms. The molecule has 0 atom stereocenters. The quantitative estimate of drug-likeness (QED) is 0.188.